The second-order valence-electron chi connectivity index (χ2n) is 5.99. The molecular weight excluding hydrogens is 344 g/mol. The number of carbonyl (C=O) groups excluding carboxylic acids is 1. The van der Waals surface area contributed by atoms with Gasteiger partial charge < -0.3 is 4.98 Å². The Morgan fingerprint density at radius 2 is 2.04 bits per heavy atom. The Hall–Kier alpha value is -2.99. The molecular formula is C20H18N4OS. The van der Waals surface area contributed by atoms with E-state index in [0.717, 1.165) is 22.3 Å². The molecule has 4 rings (SSSR count). The van der Waals surface area contributed by atoms with Crippen molar-refractivity contribution in [3.8, 4) is 0 Å². The number of thiazole rings is 1. The molecule has 26 heavy (non-hydrogen) atoms. The molecule has 0 unspecified atom stereocenters. The molecule has 1 amide bonds. The van der Waals surface area contributed by atoms with Gasteiger partial charge in [-0.2, -0.15) is 0 Å². The lowest BCUT2D eigenvalue weighted by atomic mass is 10.2. The van der Waals surface area contributed by atoms with Gasteiger partial charge in [0.1, 0.15) is 0 Å². The standard InChI is InChI=1S/C20H18N4OS/c1-2-14-8-9-17-18(10-14)26-20(23-17)24(12-16-11-21-13-22-16)19(25)15-6-4-3-5-7-15/h3-11,13H,2,12H2,1H3,(H,21,22). The molecule has 1 N–H and O–H groups in total. The van der Waals surface area contributed by atoms with Gasteiger partial charge >= 0.3 is 0 Å². The number of hydrogen-bond donors (Lipinski definition) is 1. The molecule has 0 fully saturated rings. The highest BCUT2D eigenvalue weighted by Gasteiger charge is 2.22. The van der Waals surface area contributed by atoms with Crippen molar-refractivity contribution in [1.82, 2.24) is 15.0 Å². The highest BCUT2D eigenvalue weighted by Crippen LogP contribution is 2.31. The molecule has 0 saturated heterocycles. The Morgan fingerprint density at radius 3 is 2.77 bits per heavy atom. The lowest BCUT2D eigenvalue weighted by Gasteiger charge is -2.19. The molecule has 0 radical (unpaired) electrons. The zero-order chi connectivity index (χ0) is 17.9. The number of aryl methyl sites for hydroxylation is 1. The van der Waals surface area contributed by atoms with Crippen molar-refractivity contribution >= 4 is 32.6 Å². The smallest absolute Gasteiger partial charge is 0.260 e. The zero-order valence-electron chi connectivity index (χ0n) is 14.3. The van der Waals surface area contributed by atoms with Crippen molar-refractivity contribution in [2.75, 3.05) is 4.90 Å². The van der Waals surface area contributed by atoms with E-state index in [0.29, 0.717) is 17.2 Å². The van der Waals surface area contributed by atoms with Crippen LogP contribution in [0, 0.1) is 0 Å². The maximum Gasteiger partial charge on any atom is 0.260 e. The minimum Gasteiger partial charge on any atom is -0.347 e. The molecule has 0 aliphatic rings. The fourth-order valence-corrected chi connectivity index (χ4v) is 3.82. The predicted octanol–water partition coefficient (Wildman–Crippen LogP) is 4.43. The summed E-state index contributed by atoms with van der Waals surface area (Å²) in [6, 6.07) is 15.5. The summed E-state index contributed by atoms with van der Waals surface area (Å²) in [5.41, 5.74) is 3.68. The molecule has 0 spiro atoms. The molecule has 2 aromatic heterocycles. The van der Waals surface area contributed by atoms with Crippen LogP contribution in [0.25, 0.3) is 10.2 Å². The molecule has 0 aliphatic heterocycles. The summed E-state index contributed by atoms with van der Waals surface area (Å²) >= 11 is 1.54. The van der Waals surface area contributed by atoms with Crippen LogP contribution >= 0.6 is 11.3 Å². The van der Waals surface area contributed by atoms with Crippen LogP contribution in [0.1, 0.15) is 28.5 Å². The van der Waals surface area contributed by atoms with Gasteiger partial charge in [0.25, 0.3) is 5.91 Å². The fourth-order valence-electron chi connectivity index (χ4n) is 2.80. The van der Waals surface area contributed by atoms with Crippen LogP contribution in [-0.4, -0.2) is 20.9 Å². The lowest BCUT2D eigenvalue weighted by Crippen LogP contribution is -2.30. The van der Waals surface area contributed by atoms with Gasteiger partial charge in [-0.3, -0.25) is 9.69 Å². The summed E-state index contributed by atoms with van der Waals surface area (Å²) in [7, 11) is 0. The number of nitrogens with zero attached hydrogens (tertiary/aromatic N) is 3. The van der Waals surface area contributed by atoms with Crippen LogP contribution in [-0.2, 0) is 13.0 Å². The van der Waals surface area contributed by atoms with Crippen LogP contribution < -0.4 is 4.90 Å². The fraction of sp³-hybridized carbons (Fsp3) is 0.150. The summed E-state index contributed by atoms with van der Waals surface area (Å²) in [5.74, 6) is -0.0741. The average molecular weight is 362 g/mol. The number of H-pyrrole nitrogens is 1. The first-order valence-electron chi connectivity index (χ1n) is 8.48. The molecule has 130 valence electrons. The van der Waals surface area contributed by atoms with Crippen molar-refractivity contribution in [2.45, 2.75) is 19.9 Å². The highest BCUT2D eigenvalue weighted by molar-refractivity contribution is 7.22. The number of aromatic nitrogens is 3. The third-order valence-corrected chi connectivity index (χ3v) is 5.27. The normalized spacial score (nSPS) is 11.0. The van der Waals surface area contributed by atoms with E-state index < -0.39 is 0 Å². The average Bonchev–Trinajstić information content (AvgIpc) is 3.34. The van der Waals surface area contributed by atoms with Gasteiger partial charge in [0.2, 0.25) is 0 Å². The van der Waals surface area contributed by atoms with E-state index in [4.69, 9.17) is 4.98 Å². The lowest BCUT2D eigenvalue weighted by molar-refractivity contribution is 0.0985. The van der Waals surface area contributed by atoms with E-state index in [9.17, 15) is 4.79 Å². The van der Waals surface area contributed by atoms with Gasteiger partial charge in [0, 0.05) is 11.8 Å². The minimum atomic E-state index is -0.0741. The first-order chi connectivity index (χ1) is 12.7. The Labute approximate surface area is 155 Å². The van der Waals surface area contributed by atoms with Crippen LogP contribution in [0.3, 0.4) is 0 Å². The van der Waals surface area contributed by atoms with E-state index in [1.807, 2.05) is 36.4 Å². The highest BCUT2D eigenvalue weighted by atomic mass is 32.1. The molecule has 0 bridgehead atoms. The molecule has 4 aromatic rings. The van der Waals surface area contributed by atoms with Crippen LogP contribution in [0.4, 0.5) is 5.13 Å². The van der Waals surface area contributed by atoms with Gasteiger partial charge in [0.05, 0.1) is 28.8 Å². The number of nitrogens with one attached hydrogen (secondary N) is 1. The largest absolute Gasteiger partial charge is 0.347 e. The number of rotatable bonds is 5. The van der Waals surface area contributed by atoms with Crippen molar-refractivity contribution in [3.63, 3.8) is 0 Å². The Balaban J connectivity index is 1.75. The third-order valence-electron chi connectivity index (χ3n) is 4.23. The second-order valence-corrected chi connectivity index (χ2v) is 7.00. The second kappa shape index (κ2) is 7.09. The Morgan fingerprint density at radius 1 is 1.19 bits per heavy atom. The van der Waals surface area contributed by atoms with Crippen molar-refractivity contribution in [2.24, 2.45) is 0 Å². The van der Waals surface area contributed by atoms with Crippen molar-refractivity contribution < 1.29 is 4.79 Å². The maximum atomic E-state index is 13.1. The number of aromatic amines is 1. The van der Waals surface area contributed by atoms with E-state index in [1.54, 1.807) is 17.4 Å². The molecule has 5 nitrogen and oxygen atoms in total. The monoisotopic (exact) mass is 362 g/mol. The van der Waals surface area contributed by atoms with Crippen LogP contribution in [0.5, 0.6) is 0 Å². The van der Waals surface area contributed by atoms with Crippen molar-refractivity contribution in [3.05, 3.63) is 77.9 Å². The number of fused-ring (bicyclic) bond motifs is 1. The van der Waals surface area contributed by atoms with Crippen LogP contribution in [0.2, 0.25) is 0 Å². The van der Waals surface area contributed by atoms with E-state index in [2.05, 4.69) is 29.0 Å². The first kappa shape index (κ1) is 16.5. The predicted molar refractivity (Wildman–Crippen MR) is 105 cm³/mol. The molecule has 2 heterocycles. The van der Waals surface area contributed by atoms with Gasteiger partial charge in [-0.15, -0.1) is 0 Å². The Kier molecular flexibility index (Phi) is 4.50. The quantitative estimate of drug-likeness (QED) is 0.571. The summed E-state index contributed by atoms with van der Waals surface area (Å²) in [6.45, 7) is 2.53. The van der Waals surface area contributed by atoms with Gasteiger partial charge in [-0.05, 0) is 36.2 Å². The maximum absolute atomic E-state index is 13.1. The molecule has 0 saturated carbocycles. The summed E-state index contributed by atoms with van der Waals surface area (Å²) in [5, 5.41) is 0.691. The summed E-state index contributed by atoms with van der Waals surface area (Å²) in [4.78, 5) is 26.7. The minimum absolute atomic E-state index is 0.0741. The number of carbonyl (C=O) groups is 1. The zero-order valence-corrected chi connectivity index (χ0v) is 15.2. The van der Waals surface area contributed by atoms with Gasteiger partial charge in [-0.1, -0.05) is 42.5 Å². The number of benzene rings is 2. The number of hydrogen-bond acceptors (Lipinski definition) is 4. The third kappa shape index (κ3) is 3.23. The van der Waals surface area contributed by atoms with E-state index in [1.165, 1.54) is 16.9 Å². The molecule has 0 aliphatic carbocycles. The molecule has 0 atom stereocenters. The van der Waals surface area contributed by atoms with Gasteiger partial charge in [0.15, 0.2) is 5.13 Å². The van der Waals surface area contributed by atoms with E-state index in [-0.39, 0.29) is 5.91 Å². The topological polar surface area (TPSA) is 61.9 Å². The van der Waals surface area contributed by atoms with E-state index >= 15 is 0 Å². The summed E-state index contributed by atoms with van der Waals surface area (Å²) in [6.07, 6.45) is 4.32. The van der Waals surface area contributed by atoms with Crippen molar-refractivity contribution in [1.29, 1.82) is 0 Å². The first-order valence-corrected chi connectivity index (χ1v) is 9.30. The number of anilines is 1. The molecule has 6 heteroatoms. The Bertz CT molecular complexity index is 1020. The number of amides is 1. The SMILES string of the molecule is CCc1ccc2nc(N(Cc3cnc[nH]3)C(=O)c3ccccc3)sc2c1. The van der Waals surface area contributed by atoms with Gasteiger partial charge in [-0.25, -0.2) is 9.97 Å². The number of imidazole rings is 1. The molecule has 2 aromatic carbocycles. The summed E-state index contributed by atoms with van der Waals surface area (Å²) < 4.78 is 1.09. The van der Waals surface area contributed by atoms with Crippen LogP contribution in [0.15, 0.2) is 61.1 Å².